The van der Waals surface area contributed by atoms with Gasteiger partial charge in [0.1, 0.15) is 4.90 Å². The van der Waals surface area contributed by atoms with E-state index in [0.717, 1.165) is 21.4 Å². The van der Waals surface area contributed by atoms with Gasteiger partial charge >= 0.3 is 0 Å². The van der Waals surface area contributed by atoms with Crippen LogP contribution in [0.1, 0.15) is 11.3 Å². The Labute approximate surface area is 116 Å². The van der Waals surface area contributed by atoms with Crippen molar-refractivity contribution in [3.05, 3.63) is 29.1 Å². The topological polar surface area (TPSA) is 63.4 Å². The number of sulfonamides is 1. The molecule has 4 nitrogen and oxygen atoms in total. The van der Waals surface area contributed by atoms with E-state index in [1.807, 2.05) is 31.2 Å². The van der Waals surface area contributed by atoms with Crippen molar-refractivity contribution < 1.29 is 8.42 Å². The molecule has 6 heteroatoms. The largest absolute Gasteiger partial charge is 0.326 e. The average molecular weight is 296 g/mol. The van der Waals surface area contributed by atoms with Gasteiger partial charge in [-0.05, 0) is 19.4 Å². The summed E-state index contributed by atoms with van der Waals surface area (Å²) < 4.78 is 28.0. The molecule has 0 unspecified atom stereocenters. The van der Waals surface area contributed by atoms with Crippen molar-refractivity contribution in [3.63, 3.8) is 0 Å². The van der Waals surface area contributed by atoms with E-state index in [1.165, 1.54) is 15.6 Å². The molecule has 1 saturated heterocycles. The maximum atomic E-state index is 12.8. The Morgan fingerprint density at radius 2 is 2.11 bits per heavy atom. The Morgan fingerprint density at radius 3 is 2.79 bits per heavy atom. The highest BCUT2D eigenvalue weighted by atomic mass is 32.2. The summed E-state index contributed by atoms with van der Waals surface area (Å²) >= 11 is 1.53. The van der Waals surface area contributed by atoms with Gasteiger partial charge < -0.3 is 5.73 Å². The molecule has 1 fully saturated rings. The van der Waals surface area contributed by atoms with Crippen molar-refractivity contribution in [1.29, 1.82) is 0 Å². The zero-order valence-electron chi connectivity index (χ0n) is 10.7. The number of hydrogen-bond acceptors (Lipinski definition) is 4. The van der Waals surface area contributed by atoms with Gasteiger partial charge in [0.15, 0.2) is 0 Å². The molecule has 1 atom stereocenters. The minimum Gasteiger partial charge on any atom is -0.326 e. The third kappa shape index (κ3) is 2.08. The minimum atomic E-state index is -3.42. The summed E-state index contributed by atoms with van der Waals surface area (Å²) in [7, 11) is -3.42. The van der Waals surface area contributed by atoms with Gasteiger partial charge in [-0.3, -0.25) is 0 Å². The Balaban J connectivity index is 2.16. The number of aryl methyl sites for hydroxylation is 1. The highest BCUT2D eigenvalue weighted by Crippen LogP contribution is 2.36. The van der Waals surface area contributed by atoms with Crippen LogP contribution in [0.15, 0.2) is 29.2 Å². The summed E-state index contributed by atoms with van der Waals surface area (Å²) in [5.74, 6) is 0. The molecule has 1 aromatic heterocycles. The monoisotopic (exact) mass is 296 g/mol. The number of benzene rings is 1. The number of rotatable bonds is 2. The first-order valence-corrected chi connectivity index (χ1v) is 8.49. The van der Waals surface area contributed by atoms with Gasteiger partial charge in [0.2, 0.25) is 10.0 Å². The summed E-state index contributed by atoms with van der Waals surface area (Å²) in [5.41, 5.74) is 5.82. The molecule has 2 aromatic rings. The average Bonchev–Trinajstić information content (AvgIpc) is 2.92. The van der Waals surface area contributed by atoms with Crippen LogP contribution in [-0.2, 0) is 10.0 Å². The fourth-order valence-corrected chi connectivity index (χ4v) is 5.84. The number of nitrogens with two attached hydrogens (primary N) is 1. The SMILES string of the molecule is Cc1sc2ccccc2c1S(=O)(=O)N1CC[C@@H](N)C1. The summed E-state index contributed by atoms with van der Waals surface area (Å²) in [6, 6.07) is 7.60. The van der Waals surface area contributed by atoms with E-state index in [1.54, 1.807) is 0 Å². The maximum absolute atomic E-state index is 12.8. The highest BCUT2D eigenvalue weighted by Gasteiger charge is 2.33. The molecule has 3 rings (SSSR count). The Kier molecular flexibility index (Phi) is 3.13. The van der Waals surface area contributed by atoms with Gasteiger partial charge in [-0.25, -0.2) is 8.42 Å². The number of fused-ring (bicyclic) bond motifs is 1. The summed E-state index contributed by atoms with van der Waals surface area (Å²) in [5, 5.41) is 0.825. The van der Waals surface area contributed by atoms with Crippen LogP contribution in [0.4, 0.5) is 0 Å². The van der Waals surface area contributed by atoms with Gasteiger partial charge in [-0.1, -0.05) is 18.2 Å². The van der Waals surface area contributed by atoms with E-state index in [0.29, 0.717) is 18.0 Å². The van der Waals surface area contributed by atoms with Gasteiger partial charge in [-0.15, -0.1) is 11.3 Å². The molecule has 0 bridgehead atoms. The van der Waals surface area contributed by atoms with E-state index in [2.05, 4.69) is 0 Å². The van der Waals surface area contributed by atoms with Gasteiger partial charge in [0.25, 0.3) is 0 Å². The lowest BCUT2D eigenvalue weighted by Crippen LogP contribution is -2.32. The van der Waals surface area contributed by atoms with Crippen LogP contribution >= 0.6 is 11.3 Å². The standard InChI is InChI=1S/C13H16N2O2S2/c1-9-13(11-4-2-3-5-12(11)18-9)19(16,17)15-7-6-10(14)8-15/h2-5,10H,6-8,14H2,1H3/t10-/m1/s1. The van der Waals surface area contributed by atoms with E-state index in [9.17, 15) is 8.42 Å². The molecule has 1 aliphatic rings. The van der Waals surface area contributed by atoms with Crippen molar-refractivity contribution >= 4 is 31.4 Å². The van der Waals surface area contributed by atoms with E-state index < -0.39 is 10.0 Å². The number of nitrogens with zero attached hydrogens (tertiary/aromatic N) is 1. The Hall–Kier alpha value is -0.950. The second-order valence-corrected chi connectivity index (χ2v) is 8.03. The van der Waals surface area contributed by atoms with Gasteiger partial charge in [0, 0.05) is 34.1 Å². The predicted molar refractivity (Wildman–Crippen MR) is 77.9 cm³/mol. The van der Waals surface area contributed by atoms with E-state index in [4.69, 9.17) is 5.73 Å². The first kappa shape index (κ1) is 13.1. The molecular formula is C13H16N2O2S2. The van der Waals surface area contributed by atoms with Crippen LogP contribution < -0.4 is 5.73 Å². The Morgan fingerprint density at radius 1 is 1.37 bits per heavy atom. The van der Waals surface area contributed by atoms with Crippen molar-refractivity contribution in [1.82, 2.24) is 4.31 Å². The molecule has 2 heterocycles. The molecule has 0 spiro atoms. The van der Waals surface area contributed by atoms with E-state index in [-0.39, 0.29) is 6.04 Å². The fourth-order valence-electron chi connectivity index (χ4n) is 2.57. The minimum absolute atomic E-state index is 0.0417. The fraction of sp³-hybridized carbons (Fsp3) is 0.385. The summed E-state index contributed by atoms with van der Waals surface area (Å²) in [4.78, 5) is 1.31. The number of thiophene rings is 1. The Bertz CT molecular complexity index is 721. The molecule has 1 aliphatic heterocycles. The van der Waals surface area contributed by atoms with Gasteiger partial charge in [0.05, 0.1) is 0 Å². The van der Waals surface area contributed by atoms with Gasteiger partial charge in [-0.2, -0.15) is 4.31 Å². The lowest BCUT2D eigenvalue weighted by molar-refractivity contribution is 0.473. The van der Waals surface area contributed by atoms with Crippen molar-refractivity contribution in [3.8, 4) is 0 Å². The first-order chi connectivity index (χ1) is 9.00. The molecule has 0 amide bonds. The van der Waals surface area contributed by atoms with Crippen LogP contribution in [0.5, 0.6) is 0 Å². The molecule has 0 aliphatic carbocycles. The van der Waals surface area contributed by atoms with Crippen molar-refractivity contribution in [2.45, 2.75) is 24.3 Å². The summed E-state index contributed by atoms with van der Waals surface area (Å²) in [6.45, 7) is 2.81. The molecule has 1 aromatic carbocycles. The van der Waals surface area contributed by atoms with Crippen LogP contribution in [-0.4, -0.2) is 31.9 Å². The normalized spacial score (nSPS) is 21.3. The zero-order valence-corrected chi connectivity index (χ0v) is 12.3. The molecular weight excluding hydrogens is 280 g/mol. The highest BCUT2D eigenvalue weighted by molar-refractivity contribution is 7.89. The van der Waals surface area contributed by atoms with E-state index >= 15 is 0 Å². The van der Waals surface area contributed by atoms with Crippen LogP contribution in [0.2, 0.25) is 0 Å². The number of hydrogen-bond donors (Lipinski definition) is 1. The molecule has 0 saturated carbocycles. The molecule has 19 heavy (non-hydrogen) atoms. The second kappa shape index (κ2) is 4.56. The molecule has 2 N–H and O–H groups in total. The lowest BCUT2D eigenvalue weighted by Gasteiger charge is -2.16. The maximum Gasteiger partial charge on any atom is 0.244 e. The van der Waals surface area contributed by atoms with Crippen molar-refractivity contribution in [2.75, 3.05) is 13.1 Å². The zero-order chi connectivity index (χ0) is 13.6. The van der Waals surface area contributed by atoms with Crippen LogP contribution in [0, 0.1) is 6.92 Å². The second-order valence-electron chi connectivity index (χ2n) is 4.90. The first-order valence-electron chi connectivity index (χ1n) is 6.24. The van der Waals surface area contributed by atoms with Crippen molar-refractivity contribution in [2.24, 2.45) is 5.73 Å². The molecule has 0 radical (unpaired) electrons. The lowest BCUT2D eigenvalue weighted by atomic mass is 10.2. The third-order valence-corrected chi connectivity index (χ3v) is 6.77. The smallest absolute Gasteiger partial charge is 0.244 e. The summed E-state index contributed by atoms with van der Waals surface area (Å²) in [6.07, 6.45) is 0.736. The van der Waals surface area contributed by atoms with Crippen LogP contribution in [0.25, 0.3) is 10.1 Å². The third-order valence-electron chi connectivity index (χ3n) is 3.50. The predicted octanol–water partition coefficient (Wildman–Crippen LogP) is 1.93. The van der Waals surface area contributed by atoms with Crippen LogP contribution in [0.3, 0.4) is 0 Å². The molecule has 102 valence electrons. The quantitative estimate of drug-likeness (QED) is 0.921.